The third kappa shape index (κ3) is 1.67. The molecule has 1 atom stereocenters. The van der Waals surface area contributed by atoms with Crippen LogP contribution in [0, 0.1) is 0 Å². The number of nitrogens with zero attached hydrogens (tertiary/aromatic N) is 1. The minimum Gasteiger partial charge on any atom is -0.329 e. The fraction of sp³-hybridized carbons (Fsp3) is 0.778. The van der Waals surface area contributed by atoms with Crippen molar-refractivity contribution in [3.63, 3.8) is 0 Å². The van der Waals surface area contributed by atoms with Crippen molar-refractivity contribution in [1.82, 2.24) is 4.90 Å². The first kappa shape index (κ1) is 10.6. The molecule has 15 heavy (non-hydrogen) atoms. The van der Waals surface area contributed by atoms with Gasteiger partial charge < -0.3 is 4.90 Å². The van der Waals surface area contributed by atoms with Crippen LogP contribution in [-0.2, 0) is 19.4 Å². The smallest absolute Gasteiger partial charge is 0.290 e. The first-order valence-electron chi connectivity index (χ1n) is 4.89. The molecule has 1 amide bonds. The summed E-state index contributed by atoms with van der Waals surface area (Å²) in [6.07, 6.45) is 0.656. The molecule has 0 bridgehead atoms. The molecule has 1 unspecified atom stereocenters. The van der Waals surface area contributed by atoms with Gasteiger partial charge in [0.05, 0.1) is 17.0 Å². The van der Waals surface area contributed by atoms with Gasteiger partial charge in [0.25, 0.3) is 5.91 Å². The van der Waals surface area contributed by atoms with Gasteiger partial charge in [0.2, 0.25) is 5.78 Å². The van der Waals surface area contributed by atoms with Crippen molar-refractivity contribution in [2.75, 3.05) is 18.1 Å². The molecular formula is C9H13NO4S. The number of carbonyl (C=O) groups excluding carboxylic acids is 2. The third-order valence-electron chi connectivity index (χ3n) is 3.18. The summed E-state index contributed by atoms with van der Waals surface area (Å²) in [4.78, 5) is 24.0. The van der Waals surface area contributed by atoms with E-state index in [-0.39, 0.29) is 17.9 Å². The van der Waals surface area contributed by atoms with Crippen LogP contribution in [0.15, 0.2) is 0 Å². The SMILES string of the molecule is CC1(N2CCC(=O)C2=O)CCS(=O)(=O)C1. The molecule has 2 rings (SSSR count). The highest BCUT2D eigenvalue weighted by Gasteiger charge is 2.48. The highest BCUT2D eigenvalue weighted by molar-refractivity contribution is 7.91. The lowest BCUT2D eigenvalue weighted by Gasteiger charge is -2.33. The highest BCUT2D eigenvalue weighted by Crippen LogP contribution is 2.31. The number of likely N-dealkylation sites (tertiary alicyclic amines) is 1. The number of Topliss-reactive ketones (excluding diaryl/α,β-unsaturated/α-hetero) is 1. The zero-order valence-corrected chi connectivity index (χ0v) is 9.34. The molecule has 0 aromatic rings. The van der Waals surface area contributed by atoms with Crippen LogP contribution >= 0.6 is 0 Å². The monoisotopic (exact) mass is 231 g/mol. The van der Waals surface area contributed by atoms with Crippen LogP contribution in [0.2, 0.25) is 0 Å². The summed E-state index contributed by atoms with van der Waals surface area (Å²) in [7, 11) is -3.04. The van der Waals surface area contributed by atoms with E-state index in [4.69, 9.17) is 0 Å². The minimum absolute atomic E-state index is 0.0149. The topological polar surface area (TPSA) is 71.5 Å². The van der Waals surface area contributed by atoms with E-state index in [9.17, 15) is 18.0 Å². The van der Waals surface area contributed by atoms with Crippen LogP contribution < -0.4 is 0 Å². The summed E-state index contributed by atoms with van der Waals surface area (Å²) in [6, 6.07) is 0. The number of hydrogen-bond donors (Lipinski definition) is 0. The zero-order chi connectivity index (χ0) is 11.3. The van der Waals surface area contributed by atoms with E-state index in [0.29, 0.717) is 13.0 Å². The summed E-state index contributed by atoms with van der Waals surface area (Å²) in [6.45, 7) is 2.11. The van der Waals surface area contributed by atoms with Gasteiger partial charge in [-0.1, -0.05) is 0 Å². The third-order valence-corrected chi connectivity index (χ3v) is 5.07. The van der Waals surface area contributed by atoms with E-state index in [0.717, 1.165) is 0 Å². The van der Waals surface area contributed by atoms with Crippen LogP contribution in [0.5, 0.6) is 0 Å². The Labute approximate surface area is 88.4 Å². The van der Waals surface area contributed by atoms with E-state index >= 15 is 0 Å². The molecule has 2 aliphatic heterocycles. The summed E-state index contributed by atoms with van der Waals surface area (Å²) in [5, 5.41) is 0. The van der Waals surface area contributed by atoms with Crippen molar-refractivity contribution in [2.45, 2.75) is 25.3 Å². The van der Waals surface area contributed by atoms with E-state index in [1.165, 1.54) is 4.90 Å². The van der Waals surface area contributed by atoms with Gasteiger partial charge in [-0.3, -0.25) is 9.59 Å². The Hall–Kier alpha value is -0.910. The lowest BCUT2D eigenvalue weighted by atomic mass is 10.00. The van der Waals surface area contributed by atoms with E-state index < -0.39 is 27.1 Å². The van der Waals surface area contributed by atoms with Gasteiger partial charge >= 0.3 is 0 Å². The Balaban J connectivity index is 2.25. The van der Waals surface area contributed by atoms with Gasteiger partial charge in [-0.25, -0.2) is 8.42 Å². The van der Waals surface area contributed by atoms with Crippen molar-refractivity contribution in [3.8, 4) is 0 Å². The number of sulfone groups is 1. The van der Waals surface area contributed by atoms with Gasteiger partial charge in [-0.05, 0) is 13.3 Å². The van der Waals surface area contributed by atoms with Crippen LogP contribution in [0.3, 0.4) is 0 Å². The maximum atomic E-state index is 11.5. The molecule has 84 valence electrons. The molecular weight excluding hydrogens is 218 g/mol. The van der Waals surface area contributed by atoms with Gasteiger partial charge in [-0.2, -0.15) is 0 Å². The second kappa shape index (κ2) is 3.04. The Morgan fingerprint density at radius 1 is 1.33 bits per heavy atom. The number of ketones is 1. The van der Waals surface area contributed by atoms with Crippen molar-refractivity contribution in [2.24, 2.45) is 0 Å². The summed E-state index contributed by atoms with van der Waals surface area (Å²) >= 11 is 0. The minimum atomic E-state index is -3.04. The van der Waals surface area contributed by atoms with Crippen LogP contribution in [0.1, 0.15) is 19.8 Å². The van der Waals surface area contributed by atoms with Gasteiger partial charge in [0.1, 0.15) is 0 Å². The fourth-order valence-corrected chi connectivity index (χ4v) is 4.44. The van der Waals surface area contributed by atoms with E-state index in [1.807, 2.05) is 0 Å². The molecule has 0 aromatic carbocycles. The number of amides is 1. The van der Waals surface area contributed by atoms with E-state index in [2.05, 4.69) is 0 Å². The number of rotatable bonds is 1. The quantitative estimate of drug-likeness (QED) is 0.563. The molecule has 0 radical (unpaired) electrons. The zero-order valence-electron chi connectivity index (χ0n) is 8.52. The predicted molar refractivity (Wildman–Crippen MR) is 53.0 cm³/mol. The molecule has 0 spiro atoms. The maximum Gasteiger partial charge on any atom is 0.290 e. The molecule has 0 aliphatic carbocycles. The molecule has 0 N–H and O–H groups in total. The van der Waals surface area contributed by atoms with Crippen LogP contribution in [0.4, 0.5) is 0 Å². The van der Waals surface area contributed by atoms with Crippen LogP contribution in [-0.4, -0.2) is 48.6 Å². The normalized spacial score (nSPS) is 35.1. The van der Waals surface area contributed by atoms with Crippen molar-refractivity contribution in [3.05, 3.63) is 0 Å². The summed E-state index contributed by atoms with van der Waals surface area (Å²) < 4.78 is 22.7. The Kier molecular flexibility index (Phi) is 2.15. The summed E-state index contributed by atoms with van der Waals surface area (Å²) in [5.41, 5.74) is -0.665. The van der Waals surface area contributed by atoms with Crippen molar-refractivity contribution in [1.29, 1.82) is 0 Å². The fourth-order valence-electron chi connectivity index (χ4n) is 2.29. The number of hydrogen-bond acceptors (Lipinski definition) is 4. The molecule has 2 heterocycles. The molecule has 5 nitrogen and oxygen atoms in total. The Morgan fingerprint density at radius 3 is 2.40 bits per heavy atom. The van der Waals surface area contributed by atoms with Crippen LogP contribution in [0.25, 0.3) is 0 Å². The Morgan fingerprint density at radius 2 is 2.00 bits per heavy atom. The first-order chi connectivity index (χ1) is 6.84. The summed E-state index contributed by atoms with van der Waals surface area (Å²) in [5.74, 6) is -0.823. The second-order valence-electron chi connectivity index (χ2n) is 4.47. The number of carbonyl (C=O) groups is 2. The Bertz CT molecular complexity index is 427. The lowest BCUT2D eigenvalue weighted by Crippen LogP contribution is -2.48. The largest absolute Gasteiger partial charge is 0.329 e. The maximum absolute atomic E-state index is 11.5. The first-order valence-corrected chi connectivity index (χ1v) is 6.71. The van der Waals surface area contributed by atoms with Gasteiger partial charge in [0.15, 0.2) is 9.84 Å². The van der Waals surface area contributed by atoms with E-state index in [1.54, 1.807) is 6.92 Å². The molecule has 2 saturated heterocycles. The lowest BCUT2D eigenvalue weighted by molar-refractivity contribution is -0.142. The molecule has 0 aromatic heterocycles. The standard InChI is InChI=1S/C9H13NO4S/c1-9(3-5-15(13,14)6-9)10-4-2-7(11)8(10)12/h2-6H2,1H3. The average Bonchev–Trinajstić information content (AvgIpc) is 2.57. The highest BCUT2D eigenvalue weighted by atomic mass is 32.2. The molecule has 2 fully saturated rings. The molecule has 0 saturated carbocycles. The second-order valence-corrected chi connectivity index (χ2v) is 6.65. The van der Waals surface area contributed by atoms with Crippen molar-refractivity contribution >= 4 is 21.5 Å². The van der Waals surface area contributed by atoms with Crippen molar-refractivity contribution < 1.29 is 18.0 Å². The predicted octanol–water partition coefficient (Wildman–Crippen LogP) is -0.635. The van der Waals surface area contributed by atoms with Gasteiger partial charge in [-0.15, -0.1) is 0 Å². The van der Waals surface area contributed by atoms with Gasteiger partial charge in [0, 0.05) is 13.0 Å². The molecule has 2 aliphatic rings. The molecule has 6 heteroatoms. The average molecular weight is 231 g/mol.